The number of carbonyl (C=O) groups excluding carboxylic acids is 3. The molecule has 3 aliphatic rings. The number of rotatable bonds is 4. The molecule has 2 heterocycles. The molecule has 3 atom stereocenters. The molecule has 3 unspecified atom stereocenters. The van der Waals surface area contributed by atoms with Crippen molar-refractivity contribution in [3.63, 3.8) is 0 Å². The summed E-state index contributed by atoms with van der Waals surface area (Å²) in [5.41, 5.74) is 1.01. The lowest BCUT2D eigenvalue weighted by atomic mass is 9.96. The average molecular weight is 384 g/mol. The minimum Gasteiger partial charge on any atom is -0.342 e. The minimum atomic E-state index is -0.614. The Morgan fingerprint density at radius 3 is 2.54 bits per heavy atom. The van der Waals surface area contributed by atoms with Crippen LogP contribution in [-0.4, -0.2) is 53.5 Å². The molecule has 2 aliphatic heterocycles. The Morgan fingerprint density at radius 1 is 1.04 bits per heavy atom. The van der Waals surface area contributed by atoms with Gasteiger partial charge in [-0.3, -0.25) is 9.59 Å². The number of fused-ring (bicyclic) bond motifs is 1. The zero-order chi connectivity index (χ0) is 19.5. The van der Waals surface area contributed by atoms with E-state index in [0.717, 1.165) is 31.2 Å². The van der Waals surface area contributed by atoms with Gasteiger partial charge >= 0.3 is 6.03 Å². The highest BCUT2D eigenvalue weighted by Gasteiger charge is 2.48. The maximum atomic E-state index is 12.9. The fourth-order valence-corrected chi connectivity index (χ4v) is 4.66. The number of urea groups is 1. The molecular formula is C21H28N4O3. The highest BCUT2D eigenvalue weighted by Crippen LogP contribution is 2.24. The van der Waals surface area contributed by atoms with E-state index in [0.29, 0.717) is 19.4 Å². The lowest BCUT2D eigenvalue weighted by Crippen LogP contribution is -2.65. The van der Waals surface area contributed by atoms with E-state index in [1.807, 2.05) is 30.3 Å². The Bertz CT molecular complexity index is 732. The molecule has 4 amide bonds. The van der Waals surface area contributed by atoms with Crippen LogP contribution in [-0.2, 0) is 16.0 Å². The Morgan fingerprint density at radius 2 is 1.79 bits per heavy atom. The smallest absolute Gasteiger partial charge is 0.315 e. The largest absolute Gasteiger partial charge is 0.342 e. The molecule has 150 valence electrons. The molecule has 3 N–H and O–H groups in total. The van der Waals surface area contributed by atoms with Crippen molar-refractivity contribution in [2.75, 3.05) is 6.54 Å². The number of nitrogens with one attached hydrogen (secondary N) is 3. The Kier molecular flexibility index (Phi) is 5.50. The maximum Gasteiger partial charge on any atom is 0.315 e. The number of piperazine rings is 1. The Balaban J connectivity index is 1.36. The first-order chi connectivity index (χ1) is 13.6. The normalized spacial score (nSPS) is 27.9. The summed E-state index contributed by atoms with van der Waals surface area (Å²) in [7, 11) is 0. The SMILES string of the molecule is O=C(NC1CCCCC1)NC1CCN2C(=O)C(Cc3ccccc3)NC(=O)C12. The van der Waals surface area contributed by atoms with E-state index in [2.05, 4.69) is 16.0 Å². The predicted octanol–water partition coefficient (Wildman–Crippen LogP) is 1.33. The fourth-order valence-electron chi connectivity index (χ4n) is 4.66. The van der Waals surface area contributed by atoms with E-state index in [1.165, 1.54) is 6.42 Å². The maximum absolute atomic E-state index is 12.9. The summed E-state index contributed by atoms with van der Waals surface area (Å²) in [5, 5.41) is 8.83. The molecular weight excluding hydrogens is 356 g/mol. The van der Waals surface area contributed by atoms with Crippen LogP contribution in [0.1, 0.15) is 44.1 Å². The van der Waals surface area contributed by atoms with Gasteiger partial charge in [0, 0.05) is 19.0 Å². The summed E-state index contributed by atoms with van der Waals surface area (Å²) in [5.74, 6) is -0.244. The minimum absolute atomic E-state index is 0.0644. The summed E-state index contributed by atoms with van der Waals surface area (Å²) in [6, 6.07) is 8.17. The van der Waals surface area contributed by atoms with Gasteiger partial charge in [0.1, 0.15) is 12.1 Å². The van der Waals surface area contributed by atoms with Crippen molar-refractivity contribution in [3.8, 4) is 0 Å². The molecule has 28 heavy (non-hydrogen) atoms. The quantitative estimate of drug-likeness (QED) is 0.731. The molecule has 2 saturated heterocycles. The molecule has 1 aliphatic carbocycles. The van der Waals surface area contributed by atoms with Crippen molar-refractivity contribution in [2.45, 2.75) is 69.1 Å². The van der Waals surface area contributed by atoms with Gasteiger partial charge in [-0.05, 0) is 24.8 Å². The first-order valence-corrected chi connectivity index (χ1v) is 10.3. The first-order valence-electron chi connectivity index (χ1n) is 10.3. The van der Waals surface area contributed by atoms with Crippen molar-refractivity contribution in [3.05, 3.63) is 35.9 Å². The van der Waals surface area contributed by atoms with Gasteiger partial charge in [0.25, 0.3) is 0 Å². The molecule has 4 rings (SSSR count). The van der Waals surface area contributed by atoms with Crippen LogP contribution in [0.5, 0.6) is 0 Å². The molecule has 1 aromatic carbocycles. The van der Waals surface area contributed by atoms with Crippen LogP contribution in [0, 0.1) is 0 Å². The molecule has 0 radical (unpaired) electrons. The molecule has 7 heteroatoms. The van der Waals surface area contributed by atoms with Crippen LogP contribution in [0.15, 0.2) is 30.3 Å². The van der Waals surface area contributed by atoms with Crippen molar-refractivity contribution >= 4 is 17.8 Å². The van der Waals surface area contributed by atoms with E-state index in [-0.39, 0.29) is 29.9 Å². The van der Waals surface area contributed by atoms with Crippen LogP contribution in [0.2, 0.25) is 0 Å². The number of hydrogen-bond donors (Lipinski definition) is 3. The van der Waals surface area contributed by atoms with Gasteiger partial charge in [-0.25, -0.2) is 4.79 Å². The third kappa shape index (κ3) is 3.98. The van der Waals surface area contributed by atoms with E-state index in [9.17, 15) is 14.4 Å². The van der Waals surface area contributed by atoms with E-state index in [4.69, 9.17) is 0 Å². The zero-order valence-corrected chi connectivity index (χ0v) is 16.0. The first kappa shape index (κ1) is 18.8. The van der Waals surface area contributed by atoms with Gasteiger partial charge in [-0.2, -0.15) is 0 Å². The number of nitrogens with zero attached hydrogens (tertiary/aromatic N) is 1. The molecule has 0 aromatic heterocycles. The molecule has 1 saturated carbocycles. The van der Waals surface area contributed by atoms with Crippen LogP contribution in [0.4, 0.5) is 4.79 Å². The molecule has 3 fully saturated rings. The molecule has 0 spiro atoms. The van der Waals surface area contributed by atoms with Gasteiger partial charge in [0.05, 0.1) is 6.04 Å². The second kappa shape index (κ2) is 8.20. The van der Waals surface area contributed by atoms with Gasteiger partial charge in [0.15, 0.2) is 0 Å². The monoisotopic (exact) mass is 384 g/mol. The molecule has 1 aromatic rings. The molecule has 7 nitrogen and oxygen atoms in total. The van der Waals surface area contributed by atoms with Crippen molar-refractivity contribution in [1.82, 2.24) is 20.9 Å². The summed E-state index contributed by atoms with van der Waals surface area (Å²) in [6.45, 7) is 0.497. The van der Waals surface area contributed by atoms with Gasteiger partial charge < -0.3 is 20.9 Å². The number of hydrogen-bond acceptors (Lipinski definition) is 3. The standard InChI is InChI=1S/C21H28N4O3/c26-19-18-16(24-21(28)22-15-9-5-2-6-10-15)11-12-25(18)20(27)17(23-19)13-14-7-3-1-4-8-14/h1,3-4,7-8,15-18H,2,5-6,9-13H2,(H,23,26)(H2,22,24,28). The van der Waals surface area contributed by atoms with E-state index in [1.54, 1.807) is 4.90 Å². The summed E-state index contributed by atoms with van der Waals surface area (Å²) >= 11 is 0. The Labute approximate surface area is 165 Å². The van der Waals surface area contributed by atoms with Gasteiger partial charge in [-0.1, -0.05) is 49.6 Å². The number of carbonyl (C=O) groups is 3. The van der Waals surface area contributed by atoms with Crippen molar-refractivity contribution in [2.24, 2.45) is 0 Å². The third-order valence-electron chi connectivity index (χ3n) is 6.10. The van der Waals surface area contributed by atoms with Crippen LogP contribution in [0.25, 0.3) is 0 Å². The van der Waals surface area contributed by atoms with Gasteiger partial charge in [-0.15, -0.1) is 0 Å². The van der Waals surface area contributed by atoms with Crippen molar-refractivity contribution in [1.29, 1.82) is 0 Å². The average Bonchev–Trinajstić information content (AvgIpc) is 3.12. The van der Waals surface area contributed by atoms with Crippen molar-refractivity contribution < 1.29 is 14.4 Å². The predicted molar refractivity (Wildman–Crippen MR) is 105 cm³/mol. The highest BCUT2D eigenvalue weighted by atomic mass is 16.2. The second-order valence-electron chi connectivity index (χ2n) is 8.08. The van der Waals surface area contributed by atoms with E-state index >= 15 is 0 Å². The lowest BCUT2D eigenvalue weighted by Gasteiger charge is -2.36. The Hall–Kier alpha value is -2.57. The van der Waals surface area contributed by atoms with E-state index < -0.39 is 12.1 Å². The zero-order valence-electron chi connectivity index (χ0n) is 16.0. The highest BCUT2D eigenvalue weighted by molar-refractivity contribution is 5.98. The van der Waals surface area contributed by atoms with Gasteiger partial charge in [0.2, 0.25) is 11.8 Å². The number of benzene rings is 1. The second-order valence-corrected chi connectivity index (χ2v) is 8.08. The molecule has 0 bridgehead atoms. The summed E-state index contributed by atoms with van der Waals surface area (Å²) in [6.07, 6.45) is 6.61. The fraction of sp³-hybridized carbons (Fsp3) is 0.571. The van der Waals surface area contributed by atoms with Crippen LogP contribution < -0.4 is 16.0 Å². The number of amides is 4. The third-order valence-corrected chi connectivity index (χ3v) is 6.10. The lowest BCUT2D eigenvalue weighted by molar-refractivity contribution is -0.147. The summed E-state index contributed by atoms with van der Waals surface area (Å²) < 4.78 is 0. The topological polar surface area (TPSA) is 90.5 Å². The van der Waals surface area contributed by atoms with Crippen LogP contribution >= 0.6 is 0 Å². The summed E-state index contributed by atoms with van der Waals surface area (Å²) in [4.78, 5) is 39.6. The van der Waals surface area contributed by atoms with Crippen LogP contribution in [0.3, 0.4) is 0 Å².